The molecule has 0 radical (unpaired) electrons. The molecule has 3 heterocycles. The molecular weight excluding hydrogens is 495 g/mol. The molecule has 12 heteroatoms. The molecule has 3 aromatic rings. The zero-order valence-electron chi connectivity index (χ0n) is 20.1. The summed E-state index contributed by atoms with van der Waals surface area (Å²) in [5.41, 5.74) is -0.517. The molecule has 1 saturated heterocycles. The van der Waals surface area contributed by atoms with Crippen molar-refractivity contribution in [3.63, 3.8) is 0 Å². The van der Waals surface area contributed by atoms with Crippen LogP contribution < -0.4 is 0 Å². The van der Waals surface area contributed by atoms with Crippen LogP contribution in [0.2, 0.25) is 0 Å². The lowest BCUT2D eigenvalue weighted by Gasteiger charge is -2.34. The molecule has 1 aromatic carbocycles. The van der Waals surface area contributed by atoms with Crippen molar-refractivity contribution in [3.05, 3.63) is 58.9 Å². The van der Waals surface area contributed by atoms with Crippen molar-refractivity contribution in [3.8, 4) is 10.6 Å². The summed E-state index contributed by atoms with van der Waals surface area (Å²) in [6.45, 7) is 7.61. The molecule has 2 aromatic heterocycles. The Morgan fingerprint density at radius 2 is 1.81 bits per heavy atom. The van der Waals surface area contributed by atoms with E-state index in [1.54, 1.807) is 37.1 Å². The van der Waals surface area contributed by atoms with Gasteiger partial charge in [-0.05, 0) is 44.5 Å². The monoisotopic (exact) mass is 521 g/mol. The highest BCUT2D eigenvalue weighted by molar-refractivity contribution is 7.13. The van der Waals surface area contributed by atoms with Gasteiger partial charge in [-0.1, -0.05) is 6.07 Å². The van der Waals surface area contributed by atoms with Gasteiger partial charge in [-0.2, -0.15) is 23.0 Å². The van der Waals surface area contributed by atoms with E-state index >= 15 is 0 Å². The van der Waals surface area contributed by atoms with Gasteiger partial charge in [-0.3, -0.25) is 4.90 Å². The highest BCUT2D eigenvalue weighted by Crippen LogP contribution is 2.38. The molecule has 4 rings (SSSR count). The Bertz CT molecular complexity index is 1230. The van der Waals surface area contributed by atoms with E-state index in [0.717, 1.165) is 27.6 Å². The SMILES string of the molecule is CC(C)(C)OC(=O)c1ccn(C(=O)N2CCN(Cc3ccc(C(F)(F)F)c(-c4nccs4)c3)CC2)n1. The van der Waals surface area contributed by atoms with E-state index in [0.29, 0.717) is 37.7 Å². The first-order chi connectivity index (χ1) is 16.9. The lowest BCUT2D eigenvalue weighted by Crippen LogP contribution is -2.49. The standard InChI is InChI=1S/C24H26F3N5O3S/c1-23(2,3)35-21(33)19-6-8-32(29-19)22(34)31-11-9-30(10-12-31)15-16-4-5-18(24(25,26)27)17(14-16)20-28-7-13-36-20/h4-8,13-14H,9-12,15H2,1-3H3. The molecule has 0 N–H and O–H groups in total. The summed E-state index contributed by atoms with van der Waals surface area (Å²) in [5.74, 6) is -0.604. The third-order valence-electron chi connectivity index (χ3n) is 5.49. The Hall–Kier alpha value is -3.25. The summed E-state index contributed by atoms with van der Waals surface area (Å²) in [7, 11) is 0. The largest absolute Gasteiger partial charge is 0.455 e. The second-order valence-corrected chi connectivity index (χ2v) is 10.3. The van der Waals surface area contributed by atoms with Gasteiger partial charge in [0.2, 0.25) is 0 Å². The predicted octanol–water partition coefficient (Wildman–Crippen LogP) is 4.77. The fourth-order valence-electron chi connectivity index (χ4n) is 3.84. The Morgan fingerprint density at radius 3 is 2.42 bits per heavy atom. The molecule has 192 valence electrons. The molecule has 0 spiro atoms. The first kappa shape index (κ1) is 25.8. The summed E-state index contributed by atoms with van der Waals surface area (Å²) in [4.78, 5) is 32.8. The molecule has 0 saturated carbocycles. The summed E-state index contributed by atoms with van der Waals surface area (Å²) in [6.07, 6.45) is -1.56. The van der Waals surface area contributed by atoms with Gasteiger partial charge >= 0.3 is 18.2 Å². The summed E-state index contributed by atoms with van der Waals surface area (Å²) in [6, 6.07) is 5.21. The number of piperazine rings is 1. The van der Waals surface area contributed by atoms with E-state index < -0.39 is 23.3 Å². The van der Waals surface area contributed by atoms with Gasteiger partial charge in [0.25, 0.3) is 0 Å². The number of nitrogens with zero attached hydrogens (tertiary/aromatic N) is 5. The molecule has 8 nitrogen and oxygen atoms in total. The van der Waals surface area contributed by atoms with Crippen LogP contribution in [-0.4, -0.2) is 68.3 Å². The fourth-order valence-corrected chi connectivity index (χ4v) is 4.51. The number of alkyl halides is 3. The minimum Gasteiger partial charge on any atom is -0.455 e. The van der Waals surface area contributed by atoms with E-state index in [1.807, 2.05) is 0 Å². The Labute approximate surface area is 210 Å². The smallest absolute Gasteiger partial charge is 0.417 e. The van der Waals surface area contributed by atoms with Crippen LogP contribution in [0.4, 0.5) is 18.0 Å². The van der Waals surface area contributed by atoms with Crippen LogP contribution in [-0.2, 0) is 17.5 Å². The van der Waals surface area contributed by atoms with Crippen LogP contribution in [0, 0.1) is 0 Å². The van der Waals surface area contributed by atoms with E-state index in [4.69, 9.17) is 4.74 Å². The molecule has 1 aliphatic heterocycles. The van der Waals surface area contributed by atoms with Crippen molar-refractivity contribution in [2.75, 3.05) is 26.2 Å². The van der Waals surface area contributed by atoms with Gasteiger partial charge in [0.05, 0.1) is 5.56 Å². The molecule has 0 aliphatic carbocycles. The number of ether oxygens (including phenoxy) is 1. The lowest BCUT2D eigenvalue weighted by atomic mass is 10.0. The third-order valence-corrected chi connectivity index (χ3v) is 6.30. The Morgan fingerprint density at radius 1 is 1.08 bits per heavy atom. The molecule has 0 atom stereocenters. The van der Waals surface area contributed by atoms with Gasteiger partial charge in [-0.25, -0.2) is 14.6 Å². The summed E-state index contributed by atoms with van der Waals surface area (Å²) < 4.78 is 46.9. The van der Waals surface area contributed by atoms with Gasteiger partial charge in [0.1, 0.15) is 10.6 Å². The molecular formula is C24H26F3N5O3S. The Kier molecular flexibility index (Phi) is 7.19. The number of halogens is 3. The highest BCUT2D eigenvalue weighted by Gasteiger charge is 2.34. The number of carbonyl (C=O) groups excluding carboxylic acids is 2. The number of amides is 1. The van der Waals surface area contributed by atoms with E-state index in [9.17, 15) is 22.8 Å². The highest BCUT2D eigenvalue weighted by atomic mass is 32.1. The topological polar surface area (TPSA) is 80.6 Å². The van der Waals surface area contributed by atoms with E-state index in [-0.39, 0.29) is 17.3 Å². The predicted molar refractivity (Wildman–Crippen MR) is 128 cm³/mol. The number of carbonyl (C=O) groups is 2. The van der Waals surface area contributed by atoms with Crippen LogP contribution in [0.15, 0.2) is 42.0 Å². The third kappa shape index (κ3) is 6.11. The van der Waals surface area contributed by atoms with Crippen LogP contribution in [0.3, 0.4) is 0 Å². The number of thiazole rings is 1. The molecule has 36 heavy (non-hydrogen) atoms. The van der Waals surface area contributed by atoms with Crippen LogP contribution in [0.1, 0.15) is 42.4 Å². The average molecular weight is 522 g/mol. The first-order valence-corrected chi connectivity index (χ1v) is 12.2. The van der Waals surface area contributed by atoms with Crippen molar-refractivity contribution in [1.82, 2.24) is 24.6 Å². The van der Waals surface area contributed by atoms with Crippen LogP contribution in [0.5, 0.6) is 0 Å². The molecule has 0 bridgehead atoms. The first-order valence-electron chi connectivity index (χ1n) is 11.3. The van der Waals surface area contributed by atoms with Gasteiger partial charge in [0, 0.05) is 56.1 Å². The molecule has 1 fully saturated rings. The number of esters is 1. The molecule has 1 amide bonds. The van der Waals surface area contributed by atoms with Crippen molar-refractivity contribution >= 4 is 23.3 Å². The second kappa shape index (κ2) is 10.0. The Balaban J connectivity index is 1.38. The normalized spacial score (nSPS) is 15.2. The fraction of sp³-hybridized carbons (Fsp3) is 0.417. The quantitative estimate of drug-likeness (QED) is 0.461. The number of hydrogen-bond acceptors (Lipinski definition) is 7. The zero-order valence-corrected chi connectivity index (χ0v) is 20.9. The van der Waals surface area contributed by atoms with Gasteiger partial charge < -0.3 is 9.64 Å². The number of benzene rings is 1. The van der Waals surface area contributed by atoms with E-state index in [1.165, 1.54) is 24.5 Å². The lowest BCUT2D eigenvalue weighted by molar-refractivity contribution is -0.137. The summed E-state index contributed by atoms with van der Waals surface area (Å²) >= 11 is 1.16. The maximum Gasteiger partial charge on any atom is 0.417 e. The maximum atomic E-state index is 13.5. The van der Waals surface area contributed by atoms with Crippen molar-refractivity contribution < 1.29 is 27.5 Å². The van der Waals surface area contributed by atoms with Gasteiger partial charge in [-0.15, -0.1) is 11.3 Å². The van der Waals surface area contributed by atoms with Crippen molar-refractivity contribution in [1.29, 1.82) is 0 Å². The zero-order chi connectivity index (χ0) is 26.1. The minimum absolute atomic E-state index is 0.0512. The maximum absolute atomic E-state index is 13.5. The number of hydrogen-bond donors (Lipinski definition) is 0. The van der Waals surface area contributed by atoms with Crippen LogP contribution >= 0.6 is 11.3 Å². The molecule has 0 unspecified atom stereocenters. The van der Waals surface area contributed by atoms with Crippen LogP contribution in [0.25, 0.3) is 10.6 Å². The second-order valence-electron chi connectivity index (χ2n) is 9.41. The summed E-state index contributed by atoms with van der Waals surface area (Å²) in [5, 5.41) is 6.03. The number of aromatic nitrogens is 3. The van der Waals surface area contributed by atoms with Gasteiger partial charge in [0.15, 0.2) is 5.69 Å². The number of rotatable bonds is 4. The molecule has 1 aliphatic rings. The van der Waals surface area contributed by atoms with Crippen molar-refractivity contribution in [2.45, 2.75) is 39.1 Å². The van der Waals surface area contributed by atoms with Crippen molar-refractivity contribution in [2.24, 2.45) is 0 Å². The van der Waals surface area contributed by atoms with E-state index in [2.05, 4.69) is 15.0 Å². The average Bonchev–Trinajstić information content (AvgIpc) is 3.50. The minimum atomic E-state index is -4.47.